The molecule has 5 nitrogen and oxygen atoms in total. The van der Waals surface area contributed by atoms with Gasteiger partial charge in [-0.25, -0.2) is 0 Å². The Morgan fingerprint density at radius 1 is 0.941 bits per heavy atom. The fourth-order valence-corrected chi connectivity index (χ4v) is 6.32. The summed E-state index contributed by atoms with van der Waals surface area (Å²) in [4.78, 5) is 32.4. The lowest BCUT2D eigenvalue weighted by molar-refractivity contribution is -0.136. The van der Waals surface area contributed by atoms with Gasteiger partial charge in [0, 0.05) is 24.7 Å². The van der Waals surface area contributed by atoms with E-state index in [4.69, 9.17) is 4.74 Å². The van der Waals surface area contributed by atoms with Crippen molar-refractivity contribution in [2.75, 3.05) is 20.2 Å². The second-order valence-electron chi connectivity index (χ2n) is 10.3. The summed E-state index contributed by atoms with van der Waals surface area (Å²) in [6.07, 6.45) is 7.70. The van der Waals surface area contributed by atoms with E-state index in [2.05, 4.69) is 16.7 Å². The Bertz CT molecular complexity index is 1030. The van der Waals surface area contributed by atoms with Gasteiger partial charge >= 0.3 is 0 Å². The first kappa shape index (κ1) is 22.9. The van der Waals surface area contributed by atoms with Crippen LogP contribution in [0.15, 0.2) is 48.5 Å². The van der Waals surface area contributed by atoms with Crippen LogP contribution in [0.4, 0.5) is 0 Å². The molecule has 1 aliphatic carbocycles. The van der Waals surface area contributed by atoms with Gasteiger partial charge in [-0.3, -0.25) is 9.59 Å². The Hall–Kier alpha value is -2.82. The van der Waals surface area contributed by atoms with Gasteiger partial charge in [0.1, 0.15) is 5.75 Å². The normalized spacial score (nSPS) is 25.7. The fraction of sp³-hybridized carbons (Fsp3) is 0.517. The minimum Gasteiger partial charge on any atom is -0.497 e. The summed E-state index contributed by atoms with van der Waals surface area (Å²) in [6.45, 7) is 3.83. The fourth-order valence-electron chi connectivity index (χ4n) is 6.32. The van der Waals surface area contributed by atoms with Gasteiger partial charge in [0.05, 0.1) is 19.1 Å². The van der Waals surface area contributed by atoms with Gasteiger partial charge in [-0.1, -0.05) is 56.5 Å². The molecule has 3 aliphatic rings. The van der Waals surface area contributed by atoms with Crippen LogP contribution in [0.25, 0.3) is 0 Å². The summed E-state index contributed by atoms with van der Waals surface area (Å²) in [5.41, 5.74) is 2.59. The minimum absolute atomic E-state index is 0.0689. The number of likely N-dealkylation sites (tertiary alicyclic amines) is 1. The zero-order valence-corrected chi connectivity index (χ0v) is 20.4. The van der Waals surface area contributed by atoms with E-state index in [-0.39, 0.29) is 23.9 Å². The zero-order valence-electron chi connectivity index (χ0n) is 20.4. The standard InChI is InChI=1S/C29H36N2O3/c1-20-9-8-18-30(19-20)29(33)26-24-12-6-7-13-25(24)28(32)31(22-10-4-3-5-11-22)27(26)21-14-16-23(34-2)17-15-21/h6-7,12-17,20,22,26-27H,3-5,8-11,18-19H2,1-2H3/t20-,26-,27+/m0/s1. The first-order valence-electron chi connectivity index (χ1n) is 12.9. The first-order chi connectivity index (χ1) is 16.6. The number of carbonyl (C=O) groups excluding carboxylic acids is 2. The van der Waals surface area contributed by atoms with Crippen LogP contribution in [0.5, 0.6) is 5.75 Å². The SMILES string of the molecule is COc1ccc([C@@H]2[C@@H](C(=O)N3CCC[C@H](C)C3)c3ccccc3C(=O)N2C2CCCCC2)cc1. The maximum absolute atomic E-state index is 14.3. The van der Waals surface area contributed by atoms with Crippen molar-refractivity contribution in [3.8, 4) is 5.75 Å². The largest absolute Gasteiger partial charge is 0.497 e. The molecule has 2 fully saturated rings. The van der Waals surface area contributed by atoms with Crippen molar-refractivity contribution in [2.24, 2.45) is 5.92 Å². The average Bonchev–Trinajstić information content (AvgIpc) is 2.89. The van der Waals surface area contributed by atoms with Crippen LogP contribution >= 0.6 is 0 Å². The molecule has 2 heterocycles. The molecule has 2 aromatic rings. The Balaban J connectivity index is 1.64. The molecule has 1 saturated heterocycles. The molecule has 0 radical (unpaired) electrons. The van der Waals surface area contributed by atoms with Crippen LogP contribution in [-0.4, -0.2) is 47.9 Å². The number of hydrogen-bond acceptors (Lipinski definition) is 3. The third-order valence-corrected chi connectivity index (χ3v) is 8.04. The topological polar surface area (TPSA) is 49.9 Å². The predicted octanol–water partition coefficient (Wildman–Crippen LogP) is 5.57. The monoisotopic (exact) mass is 460 g/mol. The third kappa shape index (κ3) is 4.21. The molecule has 2 aliphatic heterocycles. The molecule has 0 unspecified atom stereocenters. The Morgan fingerprint density at radius 2 is 1.68 bits per heavy atom. The Labute approximate surface area is 203 Å². The van der Waals surface area contributed by atoms with Crippen molar-refractivity contribution in [2.45, 2.75) is 69.9 Å². The number of benzene rings is 2. The minimum atomic E-state index is -0.394. The van der Waals surface area contributed by atoms with Crippen molar-refractivity contribution in [3.63, 3.8) is 0 Å². The smallest absolute Gasteiger partial charge is 0.254 e. The quantitative estimate of drug-likeness (QED) is 0.600. The number of piperidine rings is 1. The van der Waals surface area contributed by atoms with Crippen LogP contribution in [0, 0.1) is 5.92 Å². The maximum Gasteiger partial charge on any atom is 0.254 e. The average molecular weight is 461 g/mol. The highest BCUT2D eigenvalue weighted by molar-refractivity contribution is 6.01. The van der Waals surface area contributed by atoms with Crippen molar-refractivity contribution in [1.29, 1.82) is 0 Å². The number of hydrogen-bond donors (Lipinski definition) is 0. The number of ether oxygens (including phenoxy) is 1. The van der Waals surface area contributed by atoms with Gasteiger partial charge in [0.2, 0.25) is 5.91 Å². The molecular formula is C29H36N2O3. The second kappa shape index (κ2) is 9.81. The van der Waals surface area contributed by atoms with Crippen LogP contribution in [0.2, 0.25) is 0 Å². The Morgan fingerprint density at radius 3 is 2.38 bits per heavy atom. The van der Waals surface area contributed by atoms with Crippen LogP contribution in [-0.2, 0) is 4.79 Å². The zero-order chi connectivity index (χ0) is 23.7. The van der Waals surface area contributed by atoms with Crippen LogP contribution in [0.1, 0.15) is 85.3 Å². The number of carbonyl (C=O) groups is 2. The lowest BCUT2D eigenvalue weighted by Crippen LogP contribution is -2.53. The van der Waals surface area contributed by atoms with Gasteiger partial charge in [-0.2, -0.15) is 0 Å². The molecule has 5 heteroatoms. The molecule has 0 bridgehead atoms. The van der Waals surface area contributed by atoms with Crippen molar-refractivity contribution < 1.29 is 14.3 Å². The third-order valence-electron chi connectivity index (χ3n) is 8.04. The summed E-state index contributed by atoms with van der Waals surface area (Å²) >= 11 is 0. The maximum atomic E-state index is 14.3. The van der Waals surface area contributed by atoms with Crippen molar-refractivity contribution in [1.82, 2.24) is 9.80 Å². The van der Waals surface area contributed by atoms with Crippen molar-refractivity contribution >= 4 is 11.8 Å². The van der Waals surface area contributed by atoms with Gasteiger partial charge in [-0.15, -0.1) is 0 Å². The van der Waals surface area contributed by atoms with Gasteiger partial charge in [0.15, 0.2) is 0 Å². The van der Waals surface area contributed by atoms with Crippen LogP contribution in [0.3, 0.4) is 0 Å². The molecule has 2 aromatic carbocycles. The highest BCUT2D eigenvalue weighted by atomic mass is 16.5. The first-order valence-corrected chi connectivity index (χ1v) is 12.9. The number of rotatable bonds is 4. The number of amides is 2. The molecule has 34 heavy (non-hydrogen) atoms. The number of nitrogens with zero attached hydrogens (tertiary/aromatic N) is 2. The van der Waals surface area contributed by atoms with E-state index < -0.39 is 5.92 Å². The highest BCUT2D eigenvalue weighted by Crippen LogP contribution is 2.47. The summed E-state index contributed by atoms with van der Waals surface area (Å²) in [5, 5.41) is 0. The second-order valence-corrected chi connectivity index (χ2v) is 10.3. The number of methoxy groups -OCH3 is 1. The summed E-state index contributed by atoms with van der Waals surface area (Å²) in [6, 6.07) is 15.6. The van der Waals surface area contributed by atoms with Gasteiger partial charge in [0.25, 0.3) is 5.91 Å². The highest BCUT2D eigenvalue weighted by Gasteiger charge is 2.48. The van der Waals surface area contributed by atoms with Gasteiger partial charge in [-0.05, 0) is 60.9 Å². The molecule has 2 amide bonds. The van der Waals surface area contributed by atoms with E-state index in [1.54, 1.807) is 7.11 Å². The lowest BCUT2D eigenvalue weighted by atomic mass is 9.76. The molecule has 0 spiro atoms. The molecule has 180 valence electrons. The molecule has 5 rings (SSSR count). The summed E-state index contributed by atoms with van der Waals surface area (Å²) in [5.74, 6) is 1.12. The van der Waals surface area contributed by atoms with E-state index in [1.807, 2.05) is 48.5 Å². The summed E-state index contributed by atoms with van der Waals surface area (Å²) in [7, 11) is 1.66. The van der Waals surface area contributed by atoms with Crippen LogP contribution < -0.4 is 4.74 Å². The van der Waals surface area contributed by atoms with E-state index in [0.29, 0.717) is 11.5 Å². The predicted molar refractivity (Wildman–Crippen MR) is 133 cm³/mol. The van der Waals surface area contributed by atoms with Gasteiger partial charge < -0.3 is 14.5 Å². The van der Waals surface area contributed by atoms with E-state index in [9.17, 15) is 9.59 Å². The molecule has 0 N–H and O–H groups in total. The molecular weight excluding hydrogens is 424 g/mol. The molecule has 0 aromatic heterocycles. The van der Waals surface area contributed by atoms with E-state index >= 15 is 0 Å². The number of fused-ring (bicyclic) bond motifs is 1. The Kier molecular flexibility index (Phi) is 6.62. The van der Waals surface area contributed by atoms with E-state index in [1.165, 1.54) is 12.8 Å². The van der Waals surface area contributed by atoms with Crippen molar-refractivity contribution in [3.05, 3.63) is 65.2 Å². The van der Waals surface area contributed by atoms with E-state index in [0.717, 1.165) is 62.1 Å². The lowest BCUT2D eigenvalue weighted by Gasteiger charge is -2.48. The summed E-state index contributed by atoms with van der Waals surface area (Å²) < 4.78 is 5.40. The molecule has 3 atom stereocenters. The molecule has 1 saturated carbocycles.